The van der Waals surface area contributed by atoms with Gasteiger partial charge in [-0.2, -0.15) is 0 Å². The second kappa shape index (κ2) is 6.28. The van der Waals surface area contributed by atoms with Gasteiger partial charge in [-0.05, 0) is 25.0 Å². The smallest absolute Gasteiger partial charge is 0.221 e. The zero-order valence-electron chi connectivity index (χ0n) is 10.3. The van der Waals surface area contributed by atoms with Crippen molar-refractivity contribution in [1.29, 1.82) is 0 Å². The van der Waals surface area contributed by atoms with Gasteiger partial charge in [0.05, 0.1) is 0 Å². The molecule has 1 aromatic carbocycles. The molecule has 1 amide bonds. The van der Waals surface area contributed by atoms with Crippen LogP contribution in [0.3, 0.4) is 0 Å². The predicted molar refractivity (Wildman–Crippen MR) is 66.3 cm³/mol. The van der Waals surface area contributed by atoms with Gasteiger partial charge in [0.15, 0.2) is 0 Å². The predicted octanol–water partition coefficient (Wildman–Crippen LogP) is 1.53. The maximum absolute atomic E-state index is 11.0. The molecule has 0 aliphatic carbocycles. The molecule has 0 aliphatic rings. The summed E-state index contributed by atoms with van der Waals surface area (Å²) in [5, 5.41) is 5.87. The molecule has 0 radical (unpaired) electrons. The Balaban J connectivity index is 2.35. The monoisotopic (exact) mass is 220 g/mol. The first-order valence-corrected chi connectivity index (χ1v) is 5.61. The van der Waals surface area contributed by atoms with Crippen LogP contribution in [-0.4, -0.2) is 19.5 Å². The van der Waals surface area contributed by atoms with E-state index in [0.717, 1.165) is 6.54 Å². The largest absolute Gasteiger partial charge is 0.359 e. The lowest BCUT2D eigenvalue weighted by atomic mass is 10.1. The topological polar surface area (TPSA) is 41.1 Å². The van der Waals surface area contributed by atoms with E-state index in [0.29, 0.717) is 13.0 Å². The molecule has 88 valence electrons. The van der Waals surface area contributed by atoms with Gasteiger partial charge in [-0.1, -0.05) is 23.8 Å². The molecule has 0 fully saturated rings. The second-order valence-electron chi connectivity index (χ2n) is 4.03. The third-order valence-electron chi connectivity index (χ3n) is 2.62. The molecular weight excluding hydrogens is 200 g/mol. The van der Waals surface area contributed by atoms with Crippen LogP contribution < -0.4 is 10.6 Å². The average molecular weight is 220 g/mol. The summed E-state index contributed by atoms with van der Waals surface area (Å²) in [7, 11) is 1.66. The Morgan fingerprint density at radius 1 is 1.31 bits per heavy atom. The van der Waals surface area contributed by atoms with Gasteiger partial charge in [0.2, 0.25) is 5.91 Å². The number of carbonyl (C=O) groups excluding carboxylic acids is 1. The number of rotatable bonds is 5. The van der Waals surface area contributed by atoms with Crippen molar-refractivity contribution in [1.82, 2.24) is 10.6 Å². The van der Waals surface area contributed by atoms with Crippen molar-refractivity contribution in [3.8, 4) is 0 Å². The number of hydrogen-bond donors (Lipinski definition) is 2. The number of benzene rings is 1. The van der Waals surface area contributed by atoms with Crippen molar-refractivity contribution < 1.29 is 4.79 Å². The molecule has 3 nitrogen and oxygen atoms in total. The van der Waals surface area contributed by atoms with E-state index in [1.54, 1.807) is 7.05 Å². The summed E-state index contributed by atoms with van der Waals surface area (Å²) in [4.78, 5) is 11.0. The van der Waals surface area contributed by atoms with Gasteiger partial charge in [-0.15, -0.1) is 0 Å². The molecule has 0 unspecified atom stereocenters. The van der Waals surface area contributed by atoms with Crippen LogP contribution in [0.5, 0.6) is 0 Å². The lowest BCUT2D eigenvalue weighted by molar-refractivity contribution is -0.120. The molecular formula is C13H20N2O. The third kappa shape index (κ3) is 4.03. The summed E-state index contributed by atoms with van der Waals surface area (Å²) in [5.74, 6) is 0.0770. The molecule has 0 bridgehead atoms. The summed E-state index contributed by atoms with van der Waals surface area (Å²) in [6.45, 7) is 5.74. The lowest BCUT2D eigenvalue weighted by Gasteiger charge is -2.08. The fourth-order valence-corrected chi connectivity index (χ4v) is 1.59. The summed E-state index contributed by atoms with van der Waals surface area (Å²) in [6.07, 6.45) is 0.529. The van der Waals surface area contributed by atoms with E-state index < -0.39 is 0 Å². The lowest BCUT2D eigenvalue weighted by Crippen LogP contribution is -2.24. The highest BCUT2D eigenvalue weighted by atomic mass is 16.1. The van der Waals surface area contributed by atoms with Gasteiger partial charge in [0, 0.05) is 26.6 Å². The van der Waals surface area contributed by atoms with E-state index in [1.807, 2.05) is 0 Å². The van der Waals surface area contributed by atoms with E-state index in [9.17, 15) is 4.79 Å². The highest BCUT2D eigenvalue weighted by molar-refractivity contribution is 5.75. The molecule has 0 spiro atoms. The highest BCUT2D eigenvalue weighted by Gasteiger charge is 1.99. The standard InChI is InChI=1S/C13H20N2O/c1-10-4-5-12(11(2)8-10)9-15-7-6-13(16)14-3/h4-5,8,15H,6-7,9H2,1-3H3,(H,14,16). The number of aryl methyl sites for hydroxylation is 2. The summed E-state index contributed by atoms with van der Waals surface area (Å²) in [5.41, 5.74) is 3.88. The molecule has 0 heterocycles. The van der Waals surface area contributed by atoms with Crippen LogP contribution in [0.25, 0.3) is 0 Å². The van der Waals surface area contributed by atoms with Crippen LogP contribution in [-0.2, 0) is 11.3 Å². The van der Waals surface area contributed by atoms with Crippen molar-refractivity contribution in [2.75, 3.05) is 13.6 Å². The van der Waals surface area contributed by atoms with Crippen molar-refractivity contribution in [2.45, 2.75) is 26.8 Å². The number of amides is 1. The fourth-order valence-electron chi connectivity index (χ4n) is 1.59. The van der Waals surface area contributed by atoms with Crippen LogP contribution in [0.15, 0.2) is 18.2 Å². The van der Waals surface area contributed by atoms with Crippen molar-refractivity contribution in [3.05, 3.63) is 34.9 Å². The molecule has 0 saturated carbocycles. The molecule has 1 aromatic rings. The number of hydrogen-bond acceptors (Lipinski definition) is 2. The maximum Gasteiger partial charge on any atom is 0.221 e. The second-order valence-corrected chi connectivity index (χ2v) is 4.03. The third-order valence-corrected chi connectivity index (χ3v) is 2.62. The van der Waals surface area contributed by atoms with Gasteiger partial charge in [-0.25, -0.2) is 0 Å². The minimum Gasteiger partial charge on any atom is -0.359 e. The van der Waals surface area contributed by atoms with E-state index in [4.69, 9.17) is 0 Å². The first kappa shape index (κ1) is 12.7. The normalized spacial score (nSPS) is 10.2. The quantitative estimate of drug-likeness (QED) is 0.739. The molecule has 16 heavy (non-hydrogen) atoms. The Labute approximate surface area is 97.2 Å². The Hall–Kier alpha value is -1.35. The molecule has 1 rings (SSSR count). The van der Waals surface area contributed by atoms with Crippen molar-refractivity contribution >= 4 is 5.91 Å². The summed E-state index contributed by atoms with van der Waals surface area (Å²) >= 11 is 0. The minimum atomic E-state index is 0.0770. The van der Waals surface area contributed by atoms with E-state index >= 15 is 0 Å². The van der Waals surface area contributed by atoms with Gasteiger partial charge < -0.3 is 10.6 Å². The molecule has 0 atom stereocenters. The first-order chi connectivity index (χ1) is 7.63. The molecule has 0 saturated heterocycles. The molecule has 0 aliphatic heterocycles. The maximum atomic E-state index is 11.0. The zero-order chi connectivity index (χ0) is 12.0. The van der Waals surface area contributed by atoms with Gasteiger partial charge in [0.25, 0.3) is 0 Å². The van der Waals surface area contributed by atoms with Crippen LogP contribution in [0.1, 0.15) is 23.1 Å². The van der Waals surface area contributed by atoms with E-state index in [-0.39, 0.29) is 5.91 Å². The molecule has 2 N–H and O–H groups in total. The highest BCUT2D eigenvalue weighted by Crippen LogP contribution is 2.09. The molecule has 0 aromatic heterocycles. The van der Waals surface area contributed by atoms with E-state index in [2.05, 4.69) is 42.7 Å². The Morgan fingerprint density at radius 3 is 2.69 bits per heavy atom. The SMILES string of the molecule is CNC(=O)CCNCc1ccc(C)cc1C. The molecule has 3 heteroatoms. The Bertz CT molecular complexity index is 361. The van der Waals surface area contributed by atoms with Gasteiger partial charge >= 0.3 is 0 Å². The Kier molecular flexibility index (Phi) is 4.99. The van der Waals surface area contributed by atoms with Crippen molar-refractivity contribution in [3.63, 3.8) is 0 Å². The van der Waals surface area contributed by atoms with Crippen LogP contribution >= 0.6 is 0 Å². The van der Waals surface area contributed by atoms with Gasteiger partial charge in [-0.3, -0.25) is 4.79 Å². The van der Waals surface area contributed by atoms with Crippen molar-refractivity contribution in [2.24, 2.45) is 0 Å². The van der Waals surface area contributed by atoms with Crippen LogP contribution in [0, 0.1) is 13.8 Å². The van der Waals surface area contributed by atoms with Gasteiger partial charge in [0.1, 0.15) is 0 Å². The van der Waals surface area contributed by atoms with Crippen LogP contribution in [0.2, 0.25) is 0 Å². The summed E-state index contributed by atoms with van der Waals surface area (Å²) < 4.78 is 0. The fraction of sp³-hybridized carbons (Fsp3) is 0.462. The number of carbonyl (C=O) groups is 1. The summed E-state index contributed by atoms with van der Waals surface area (Å²) in [6, 6.07) is 6.43. The first-order valence-electron chi connectivity index (χ1n) is 5.61. The Morgan fingerprint density at radius 2 is 2.06 bits per heavy atom. The van der Waals surface area contributed by atoms with Crippen LogP contribution in [0.4, 0.5) is 0 Å². The average Bonchev–Trinajstić information content (AvgIpc) is 2.26. The minimum absolute atomic E-state index is 0.0770. The number of nitrogens with one attached hydrogen (secondary N) is 2. The van der Waals surface area contributed by atoms with E-state index in [1.165, 1.54) is 16.7 Å². The zero-order valence-corrected chi connectivity index (χ0v) is 10.3.